The molecule has 1 heterocycles. The zero-order valence-electron chi connectivity index (χ0n) is 14.4. The number of alkyl halides is 3. The fraction of sp³-hybridized carbons (Fsp3) is 0.263. The van der Waals surface area contributed by atoms with E-state index >= 15 is 0 Å². The van der Waals surface area contributed by atoms with Crippen LogP contribution in [0.3, 0.4) is 0 Å². The summed E-state index contributed by atoms with van der Waals surface area (Å²) in [5.74, 6) is -0.862. The van der Waals surface area contributed by atoms with Gasteiger partial charge in [0.15, 0.2) is 5.58 Å². The van der Waals surface area contributed by atoms with Gasteiger partial charge in [0.2, 0.25) is 5.91 Å². The lowest BCUT2D eigenvalue weighted by Gasteiger charge is -2.15. The van der Waals surface area contributed by atoms with Crippen LogP contribution >= 0.6 is 0 Å². The number of carbonyl (C=O) groups excluding carboxylic acids is 1. The molecule has 0 bridgehead atoms. The fourth-order valence-electron chi connectivity index (χ4n) is 2.80. The molecule has 0 aliphatic rings. The highest BCUT2D eigenvalue weighted by atomic mass is 19.4. The van der Waals surface area contributed by atoms with Crippen LogP contribution in [0.1, 0.15) is 30.5 Å². The quantitative estimate of drug-likeness (QED) is 0.733. The maximum atomic E-state index is 12.6. The number of benzene rings is 2. The van der Waals surface area contributed by atoms with Crippen molar-refractivity contribution in [1.82, 2.24) is 9.88 Å². The first-order chi connectivity index (χ1) is 12.8. The minimum atomic E-state index is -4.40. The molecule has 1 atom stereocenters. The Kier molecular flexibility index (Phi) is 5.07. The standard InChI is InChI=1S/C19H17F3N2O3/c1-12(13-6-8-14(9-7-13)19(20,21)22)23-17(25)10-11-24-15-4-2-3-5-16(15)27-18(24)26/h2-9,12H,10-11H2,1H3,(H,23,25). The number of oxazole rings is 1. The number of aryl methyl sites for hydroxylation is 1. The highest BCUT2D eigenvalue weighted by molar-refractivity contribution is 5.77. The number of nitrogens with one attached hydrogen (secondary N) is 1. The van der Waals surface area contributed by atoms with Crippen molar-refractivity contribution in [1.29, 1.82) is 0 Å². The second-order valence-electron chi connectivity index (χ2n) is 6.15. The Labute approximate surface area is 152 Å². The molecule has 2 aromatic carbocycles. The first kappa shape index (κ1) is 18.8. The molecular weight excluding hydrogens is 361 g/mol. The minimum absolute atomic E-state index is 0.0361. The molecule has 27 heavy (non-hydrogen) atoms. The Morgan fingerprint density at radius 3 is 2.48 bits per heavy atom. The number of hydrogen-bond donors (Lipinski definition) is 1. The lowest BCUT2D eigenvalue weighted by atomic mass is 10.1. The van der Waals surface area contributed by atoms with Gasteiger partial charge in [-0.05, 0) is 36.8 Å². The van der Waals surface area contributed by atoms with Gasteiger partial charge in [-0.3, -0.25) is 9.36 Å². The molecular formula is C19H17F3N2O3. The molecule has 0 radical (unpaired) electrons. The molecule has 0 fully saturated rings. The number of halogens is 3. The lowest BCUT2D eigenvalue weighted by molar-refractivity contribution is -0.137. The predicted octanol–water partition coefficient (Wildman–Crippen LogP) is 3.88. The number of para-hydroxylation sites is 2. The lowest BCUT2D eigenvalue weighted by Crippen LogP contribution is -2.28. The van der Waals surface area contributed by atoms with E-state index in [2.05, 4.69) is 5.32 Å². The summed E-state index contributed by atoms with van der Waals surface area (Å²) in [6.07, 6.45) is -4.36. The van der Waals surface area contributed by atoms with E-state index in [0.717, 1.165) is 12.1 Å². The molecule has 1 N–H and O–H groups in total. The highest BCUT2D eigenvalue weighted by Crippen LogP contribution is 2.29. The molecule has 1 amide bonds. The van der Waals surface area contributed by atoms with Crippen molar-refractivity contribution < 1.29 is 22.4 Å². The molecule has 0 saturated heterocycles. The number of fused-ring (bicyclic) bond motifs is 1. The van der Waals surface area contributed by atoms with Crippen molar-refractivity contribution in [2.24, 2.45) is 0 Å². The van der Waals surface area contributed by atoms with Gasteiger partial charge in [0.25, 0.3) is 0 Å². The maximum absolute atomic E-state index is 12.6. The molecule has 0 aliphatic heterocycles. The summed E-state index contributed by atoms with van der Waals surface area (Å²) >= 11 is 0. The van der Waals surface area contributed by atoms with Crippen molar-refractivity contribution in [3.63, 3.8) is 0 Å². The Morgan fingerprint density at radius 2 is 1.81 bits per heavy atom. The Hall–Kier alpha value is -3.03. The van der Waals surface area contributed by atoms with Crippen molar-refractivity contribution >= 4 is 17.0 Å². The summed E-state index contributed by atoms with van der Waals surface area (Å²) in [6, 6.07) is 11.1. The van der Waals surface area contributed by atoms with E-state index in [0.29, 0.717) is 16.7 Å². The van der Waals surface area contributed by atoms with Gasteiger partial charge in [-0.25, -0.2) is 4.79 Å². The van der Waals surface area contributed by atoms with Gasteiger partial charge in [-0.15, -0.1) is 0 Å². The van der Waals surface area contributed by atoms with Gasteiger partial charge < -0.3 is 9.73 Å². The third-order valence-corrected chi connectivity index (χ3v) is 4.25. The van der Waals surface area contributed by atoms with Crippen LogP contribution in [-0.2, 0) is 17.5 Å². The average Bonchev–Trinajstić information content (AvgIpc) is 2.94. The van der Waals surface area contributed by atoms with Crippen LogP contribution < -0.4 is 11.1 Å². The van der Waals surface area contributed by atoms with E-state index < -0.39 is 23.5 Å². The van der Waals surface area contributed by atoms with Crippen LogP contribution in [0.4, 0.5) is 13.2 Å². The molecule has 142 valence electrons. The molecule has 8 heteroatoms. The number of aromatic nitrogens is 1. The molecule has 1 aromatic heterocycles. The molecule has 3 rings (SSSR count). The van der Waals surface area contributed by atoms with Crippen LogP contribution in [0.5, 0.6) is 0 Å². The van der Waals surface area contributed by atoms with E-state index in [1.807, 2.05) is 0 Å². The van der Waals surface area contributed by atoms with Crippen LogP contribution in [0.15, 0.2) is 57.7 Å². The van der Waals surface area contributed by atoms with E-state index in [1.54, 1.807) is 31.2 Å². The number of nitrogens with zero attached hydrogens (tertiary/aromatic N) is 1. The second-order valence-corrected chi connectivity index (χ2v) is 6.15. The Morgan fingerprint density at radius 1 is 1.15 bits per heavy atom. The molecule has 0 spiro atoms. The van der Waals surface area contributed by atoms with Crippen molar-refractivity contribution in [3.8, 4) is 0 Å². The van der Waals surface area contributed by atoms with Crippen molar-refractivity contribution in [3.05, 3.63) is 70.2 Å². The molecule has 1 unspecified atom stereocenters. The summed E-state index contributed by atoms with van der Waals surface area (Å²) < 4.78 is 44.3. The topological polar surface area (TPSA) is 64.2 Å². The number of rotatable bonds is 5. The first-order valence-corrected chi connectivity index (χ1v) is 8.30. The zero-order chi connectivity index (χ0) is 19.6. The van der Waals surface area contributed by atoms with Gasteiger partial charge in [-0.2, -0.15) is 13.2 Å². The van der Waals surface area contributed by atoms with Gasteiger partial charge in [-0.1, -0.05) is 24.3 Å². The maximum Gasteiger partial charge on any atom is 0.419 e. The first-order valence-electron chi connectivity index (χ1n) is 8.30. The van der Waals surface area contributed by atoms with Gasteiger partial charge in [0.05, 0.1) is 17.1 Å². The monoisotopic (exact) mass is 378 g/mol. The third-order valence-electron chi connectivity index (χ3n) is 4.25. The van der Waals surface area contributed by atoms with Gasteiger partial charge in [0, 0.05) is 13.0 Å². The zero-order valence-corrected chi connectivity index (χ0v) is 14.4. The third kappa shape index (κ3) is 4.21. The molecule has 3 aromatic rings. The second kappa shape index (κ2) is 7.30. The normalized spacial score (nSPS) is 12.9. The Bertz CT molecular complexity index is 1000. The summed E-state index contributed by atoms with van der Waals surface area (Å²) in [4.78, 5) is 24.0. The number of hydrogen-bond acceptors (Lipinski definition) is 3. The van der Waals surface area contributed by atoms with Crippen molar-refractivity contribution in [2.75, 3.05) is 0 Å². The largest absolute Gasteiger partial charge is 0.419 e. The van der Waals surface area contributed by atoms with E-state index in [-0.39, 0.29) is 18.9 Å². The SMILES string of the molecule is CC(NC(=O)CCn1c(=O)oc2ccccc21)c1ccc(C(F)(F)F)cc1. The molecule has 0 aliphatic carbocycles. The van der Waals surface area contributed by atoms with Gasteiger partial charge >= 0.3 is 11.9 Å². The van der Waals surface area contributed by atoms with Crippen LogP contribution in [-0.4, -0.2) is 10.5 Å². The van der Waals surface area contributed by atoms with E-state index in [4.69, 9.17) is 4.42 Å². The summed E-state index contributed by atoms with van der Waals surface area (Å²) in [5.41, 5.74) is 0.866. The van der Waals surface area contributed by atoms with Crippen LogP contribution in [0, 0.1) is 0 Å². The smallest absolute Gasteiger partial charge is 0.408 e. The summed E-state index contributed by atoms with van der Waals surface area (Å²) in [7, 11) is 0. The average molecular weight is 378 g/mol. The van der Waals surface area contributed by atoms with Crippen LogP contribution in [0.2, 0.25) is 0 Å². The van der Waals surface area contributed by atoms with Crippen molar-refractivity contribution in [2.45, 2.75) is 32.1 Å². The van der Waals surface area contributed by atoms with E-state index in [9.17, 15) is 22.8 Å². The minimum Gasteiger partial charge on any atom is -0.408 e. The van der Waals surface area contributed by atoms with Crippen LogP contribution in [0.25, 0.3) is 11.1 Å². The highest BCUT2D eigenvalue weighted by Gasteiger charge is 2.30. The fourth-order valence-corrected chi connectivity index (χ4v) is 2.80. The summed E-state index contributed by atoms with van der Waals surface area (Å²) in [5, 5.41) is 2.72. The van der Waals surface area contributed by atoms with Gasteiger partial charge in [0.1, 0.15) is 0 Å². The molecule has 0 saturated carbocycles. The predicted molar refractivity (Wildman–Crippen MR) is 93.1 cm³/mol. The number of carbonyl (C=O) groups is 1. The van der Waals surface area contributed by atoms with E-state index in [1.165, 1.54) is 16.7 Å². The summed E-state index contributed by atoms with van der Waals surface area (Å²) in [6.45, 7) is 1.82. The number of amides is 1. The Balaban J connectivity index is 1.62. The molecule has 5 nitrogen and oxygen atoms in total.